The minimum Gasteiger partial charge on any atom is -0.309 e. The third kappa shape index (κ3) is 7.24. The maximum absolute atomic E-state index is 13.2. The quantitative estimate of drug-likeness (QED) is 0.304. The van der Waals surface area contributed by atoms with Gasteiger partial charge in [0.1, 0.15) is 5.78 Å². The fraction of sp³-hybridized carbons (Fsp3) is 0.310. The van der Waals surface area contributed by atoms with Crippen molar-refractivity contribution in [3.63, 3.8) is 0 Å². The number of carbonyl (C=O) groups is 2. The van der Waals surface area contributed by atoms with Gasteiger partial charge >= 0.3 is 0 Å². The standard InChI is InChI=1S/C29H34N6O2/c1-33(2)17-9-16-27(36)15-8-12-25-21-35(26-13-5-4-6-14-26)29(31-25)32-28(37)23-11-7-10-22(18-23)24-19-30-34(3)20-24/h4-7,10-11,13-14,18-21H,8-9,12,15-17H2,1-3H3,(H,31,32,37). The topological polar surface area (TPSA) is 85.0 Å². The van der Waals surface area contributed by atoms with Crippen molar-refractivity contribution in [2.24, 2.45) is 7.05 Å². The molecule has 192 valence electrons. The number of nitrogens with one attached hydrogen (secondary N) is 1. The zero-order valence-electron chi connectivity index (χ0n) is 21.7. The molecule has 0 fully saturated rings. The second-order valence-corrected chi connectivity index (χ2v) is 9.50. The highest BCUT2D eigenvalue weighted by molar-refractivity contribution is 6.04. The fourth-order valence-electron chi connectivity index (χ4n) is 4.19. The summed E-state index contributed by atoms with van der Waals surface area (Å²) in [7, 11) is 5.89. The first-order chi connectivity index (χ1) is 17.9. The number of rotatable bonds is 12. The van der Waals surface area contributed by atoms with Crippen molar-refractivity contribution >= 4 is 17.6 Å². The van der Waals surface area contributed by atoms with Gasteiger partial charge in [0.25, 0.3) is 5.91 Å². The molecule has 0 aliphatic carbocycles. The third-order valence-corrected chi connectivity index (χ3v) is 6.13. The van der Waals surface area contributed by atoms with Crippen molar-refractivity contribution in [3.05, 3.63) is 84.4 Å². The van der Waals surface area contributed by atoms with E-state index in [9.17, 15) is 9.59 Å². The number of Topliss-reactive ketones (excluding diaryl/α,β-unsaturated/α-hetero) is 1. The predicted octanol–water partition coefficient (Wildman–Crippen LogP) is 4.76. The lowest BCUT2D eigenvalue weighted by Crippen LogP contribution is -2.15. The van der Waals surface area contributed by atoms with Crippen LogP contribution < -0.4 is 5.32 Å². The normalized spacial score (nSPS) is 11.1. The lowest BCUT2D eigenvalue weighted by molar-refractivity contribution is -0.119. The van der Waals surface area contributed by atoms with Gasteiger partial charge in [0.2, 0.25) is 5.95 Å². The first-order valence-corrected chi connectivity index (χ1v) is 12.6. The molecule has 1 amide bonds. The second-order valence-electron chi connectivity index (χ2n) is 9.50. The Labute approximate surface area is 217 Å². The average Bonchev–Trinajstić information content (AvgIpc) is 3.50. The highest BCUT2D eigenvalue weighted by atomic mass is 16.1. The molecule has 0 unspecified atom stereocenters. The van der Waals surface area contributed by atoms with E-state index in [-0.39, 0.29) is 11.7 Å². The Balaban J connectivity index is 1.46. The number of carbonyl (C=O) groups excluding carboxylic acids is 2. The SMILES string of the molecule is CN(C)CCCC(=O)CCCc1cn(-c2ccccc2)c(NC(=O)c2cccc(-c3cnn(C)c3)c2)n1. The number of imidazole rings is 1. The molecule has 0 saturated heterocycles. The zero-order chi connectivity index (χ0) is 26.2. The molecule has 0 aliphatic heterocycles. The molecule has 0 saturated carbocycles. The molecule has 0 bridgehead atoms. The zero-order valence-corrected chi connectivity index (χ0v) is 21.7. The molecule has 2 heterocycles. The molecule has 2 aromatic heterocycles. The van der Waals surface area contributed by atoms with Crippen molar-refractivity contribution in [2.45, 2.75) is 32.1 Å². The van der Waals surface area contributed by atoms with Crippen LogP contribution in [-0.4, -0.2) is 56.6 Å². The van der Waals surface area contributed by atoms with Gasteiger partial charge in [0.15, 0.2) is 0 Å². The summed E-state index contributed by atoms with van der Waals surface area (Å²) in [6.45, 7) is 0.918. The van der Waals surface area contributed by atoms with Gasteiger partial charge in [-0.3, -0.25) is 24.2 Å². The number of ketones is 1. The number of nitrogens with zero attached hydrogens (tertiary/aromatic N) is 5. The number of aromatic nitrogens is 4. The Morgan fingerprint density at radius 1 is 0.946 bits per heavy atom. The Morgan fingerprint density at radius 3 is 2.46 bits per heavy atom. The molecule has 1 N–H and O–H groups in total. The van der Waals surface area contributed by atoms with Gasteiger partial charge in [-0.1, -0.05) is 30.3 Å². The van der Waals surface area contributed by atoms with Crippen molar-refractivity contribution < 1.29 is 9.59 Å². The summed E-state index contributed by atoms with van der Waals surface area (Å²) >= 11 is 0. The molecular weight excluding hydrogens is 464 g/mol. The van der Waals surface area contributed by atoms with Crippen LogP contribution in [0.25, 0.3) is 16.8 Å². The van der Waals surface area contributed by atoms with Crippen LogP contribution in [0.4, 0.5) is 5.95 Å². The molecule has 4 aromatic rings. The molecule has 8 nitrogen and oxygen atoms in total. The fourth-order valence-corrected chi connectivity index (χ4v) is 4.19. The number of benzene rings is 2. The van der Waals surface area contributed by atoms with Crippen LogP contribution in [0.5, 0.6) is 0 Å². The molecule has 8 heteroatoms. The van der Waals surface area contributed by atoms with Crippen LogP contribution in [0.3, 0.4) is 0 Å². The maximum atomic E-state index is 13.2. The Bertz CT molecular complexity index is 1340. The van der Waals surface area contributed by atoms with Gasteiger partial charge in [-0.15, -0.1) is 0 Å². The van der Waals surface area contributed by atoms with Crippen LogP contribution in [0, 0.1) is 0 Å². The maximum Gasteiger partial charge on any atom is 0.258 e. The largest absolute Gasteiger partial charge is 0.309 e. The van der Waals surface area contributed by atoms with E-state index in [1.165, 1.54) is 0 Å². The molecule has 2 aromatic carbocycles. The van der Waals surface area contributed by atoms with Crippen molar-refractivity contribution in [3.8, 4) is 16.8 Å². The monoisotopic (exact) mass is 498 g/mol. The van der Waals surface area contributed by atoms with E-state index in [0.717, 1.165) is 41.9 Å². The molecule has 37 heavy (non-hydrogen) atoms. The van der Waals surface area contributed by atoms with Gasteiger partial charge in [-0.05, 0) is 69.7 Å². The van der Waals surface area contributed by atoms with Crippen LogP contribution in [0.1, 0.15) is 41.7 Å². The molecule has 0 aliphatic rings. The minimum atomic E-state index is -0.240. The Morgan fingerprint density at radius 2 is 1.73 bits per heavy atom. The highest BCUT2D eigenvalue weighted by Gasteiger charge is 2.15. The first-order valence-electron chi connectivity index (χ1n) is 12.6. The predicted molar refractivity (Wildman–Crippen MR) is 146 cm³/mol. The van der Waals surface area contributed by atoms with Crippen molar-refractivity contribution in [1.82, 2.24) is 24.2 Å². The number of hydrogen-bond acceptors (Lipinski definition) is 5. The lowest BCUT2D eigenvalue weighted by atomic mass is 10.1. The summed E-state index contributed by atoms with van der Waals surface area (Å²) in [5.41, 5.74) is 4.14. The van der Waals surface area contributed by atoms with Crippen molar-refractivity contribution in [2.75, 3.05) is 26.0 Å². The molecular formula is C29H34N6O2. The second kappa shape index (κ2) is 12.3. The van der Waals surface area contributed by atoms with E-state index in [0.29, 0.717) is 30.8 Å². The van der Waals surface area contributed by atoms with E-state index >= 15 is 0 Å². The van der Waals surface area contributed by atoms with Gasteiger partial charge in [-0.2, -0.15) is 5.10 Å². The highest BCUT2D eigenvalue weighted by Crippen LogP contribution is 2.22. The summed E-state index contributed by atoms with van der Waals surface area (Å²) in [6, 6.07) is 17.2. The van der Waals surface area contributed by atoms with Gasteiger partial charge in [-0.25, -0.2) is 4.98 Å². The third-order valence-electron chi connectivity index (χ3n) is 6.13. The number of amides is 1. The van der Waals surface area contributed by atoms with E-state index in [1.54, 1.807) is 16.9 Å². The van der Waals surface area contributed by atoms with Crippen LogP contribution >= 0.6 is 0 Å². The summed E-state index contributed by atoms with van der Waals surface area (Å²) in [4.78, 5) is 32.3. The number of aryl methyl sites for hydroxylation is 2. The summed E-state index contributed by atoms with van der Waals surface area (Å²) < 4.78 is 3.62. The van der Waals surface area contributed by atoms with Crippen LogP contribution in [0.2, 0.25) is 0 Å². The van der Waals surface area contributed by atoms with E-state index in [2.05, 4.69) is 15.3 Å². The Hall–Kier alpha value is -4.04. The molecule has 4 rings (SSSR count). The van der Waals surface area contributed by atoms with Gasteiger partial charge in [0.05, 0.1) is 11.9 Å². The molecule has 0 radical (unpaired) electrons. The van der Waals surface area contributed by atoms with E-state index < -0.39 is 0 Å². The number of hydrogen-bond donors (Lipinski definition) is 1. The Kier molecular flexibility index (Phi) is 8.64. The molecule has 0 atom stereocenters. The van der Waals surface area contributed by atoms with Crippen LogP contribution in [-0.2, 0) is 18.3 Å². The van der Waals surface area contributed by atoms with E-state index in [4.69, 9.17) is 4.98 Å². The lowest BCUT2D eigenvalue weighted by Gasteiger charge is -2.09. The first kappa shape index (κ1) is 26.0. The number of anilines is 1. The summed E-state index contributed by atoms with van der Waals surface area (Å²) in [6.07, 6.45) is 9.05. The summed E-state index contributed by atoms with van der Waals surface area (Å²) in [5.74, 6) is 0.498. The van der Waals surface area contributed by atoms with Gasteiger partial charge in [0, 0.05) is 49.1 Å². The molecule has 0 spiro atoms. The summed E-state index contributed by atoms with van der Waals surface area (Å²) in [5, 5.41) is 7.21. The van der Waals surface area contributed by atoms with Crippen molar-refractivity contribution in [1.29, 1.82) is 0 Å². The van der Waals surface area contributed by atoms with Gasteiger partial charge < -0.3 is 4.90 Å². The van der Waals surface area contributed by atoms with E-state index in [1.807, 2.05) is 86.6 Å². The smallest absolute Gasteiger partial charge is 0.258 e. The average molecular weight is 499 g/mol. The minimum absolute atomic E-state index is 0.240. The van der Waals surface area contributed by atoms with Crippen LogP contribution in [0.15, 0.2) is 73.2 Å². The number of para-hydroxylation sites is 1.